The molecule has 0 aromatic rings. The maximum Gasteiger partial charge on any atom is 0.338 e. The van der Waals surface area contributed by atoms with Gasteiger partial charge in [0.1, 0.15) is 6.16 Å². The molecule has 0 fully saturated rings. The Bertz CT molecular complexity index is 315. The number of carbonyl (C=O) groups excluding carboxylic acids is 1. The topological polar surface area (TPSA) is 71.1 Å². The summed E-state index contributed by atoms with van der Waals surface area (Å²) >= 11 is 0. The van der Waals surface area contributed by atoms with Crippen LogP contribution >= 0.6 is 7.60 Å². The average molecular weight is 310 g/mol. The van der Waals surface area contributed by atoms with Crippen molar-refractivity contribution in [1.29, 1.82) is 0 Å². The van der Waals surface area contributed by atoms with Crippen LogP contribution in [-0.4, -0.2) is 44.2 Å². The Morgan fingerprint density at radius 2 is 1.35 bits per heavy atom. The maximum atomic E-state index is 12.5. The van der Waals surface area contributed by atoms with E-state index in [-0.39, 0.29) is 19.4 Å². The molecule has 0 aromatic carbocycles. The second-order valence-corrected chi connectivity index (χ2v) is 6.05. The van der Waals surface area contributed by atoms with Crippen molar-refractivity contribution in [2.75, 3.05) is 32.6 Å². The van der Waals surface area contributed by atoms with Crippen molar-refractivity contribution in [3.63, 3.8) is 0 Å². The molecule has 7 heteroatoms. The highest BCUT2D eigenvalue weighted by Gasteiger charge is 2.42. The molecule has 0 spiro atoms. The van der Waals surface area contributed by atoms with Crippen molar-refractivity contribution in [2.45, 2.75) is 46.8 Å². The van der Waals surface area contributed by atoms with Crippen LogP contribution in [0, 0.1) is 0 Å². The Kier molecular flexibility index (Phi) is 9.51. The minimum atomic E-state index is -3.44. The van der Waals surface area contributed by atoms with Crippen molar-refractivity contribution in [1.82, 2.24) is 0 Å². The summed E-state index contributed by atoms with van der Waals surface area (Å²) < 4.78 is 33.7. The molecule has 0 atom stereocenters. The summed E-state index contributed by atoms with van der Waals surface area (Å²) in [6, 6.07) is 0. The number of rotatable bonds is 12. The van der Waals surface area contributed by atoms with Crippen LogP contribution in [0.1, 0.15) is 41.0 Å². The number of Topliss-reactive ketones (excluding diaryl/α,β-unsaturated/α-hetero) is 1. The van der Waals surface area contributed by atoms with E-state index in [1.807, 2.05) is 0 Å². The molecule has 20 heavy (non-hydrogen) atoms. The number of hydrogen-bond acceptors (Lipinski definition) is 6. The Labute approximate surface area is 121 Å². The molecular formula is C13H27O6P. The zero-order chi connectivity index (χ0) is 15.6. The Morgan fingerprint density at radius 3 is 1.65 bits per heavy atom. The molecule has 0 unspecified atom stereocenters. The summed E-state index contributed by atoms with van der Waals surface area (Å²) in [4.78, 5) is 12.5. The Balaban J connectivity index is 5.09. The van der Waals surface area contributed by atoms with E-state index in [9.17, 15) is 9.36 Å². The summed E-state index contributed by atoms with van der Waals surface area (Å²) in [5.41, 5.74) is 0. The quantitative estimate of drug-likeness (QED) is 0.407. The first-order valence-corrected chi connectivity index (χ1v) is 8.85. The van der Waals surface area contributed by atoms with Gasteiger partial charge in [0.2, 0.25) is 11.6 Å². The van der Waals surface area contributed by atoms with Crippen LogP contribution in [0.4, 0.5) is 0 Å². The monoisotopic (exact) mass is 310 g/mol. The fourth-order valence-electron chi connectivity index (χ4n) is 1.89. The minimum Gasteiger partial charge on any atom is -0.344 e. The maximum absolute atomic E-state index is 12.5. The molecule has 0 aliphatic heterocycles. The first kappa shape index (κ1) is 19.7. The predicted octanol–water partition coefficient (Wildman–Crippen LogP) is 3.00. The third-order valence-electron chi connectivity index (χ3n) is 2.63. The molecule has 0 radical (unpaired) electrons. The van der Waals surface area contributed by atoms with Crippen molar-refractivity contribution < 1.29 is 27.9 Å². The van der Waals surface area contributed by atoms with Crippen LogP contribution in [-0.2, 0) is 27.9 Å². The number of carbonyl (C=O) groups is 1. The first-order chi connectivity index (χ1) is 9.43. The molecule has 0 N–H and O–H groups in total. The zero-order valence-electron chi connectivity index (χ0n) is 13.1. The fourth-order valence-corrected chi connectivity index (χ4v) is 3.53. The van der Waals surface area contributed by atoms with Crippen molar-refractivity contribution in [3.8, 4) is 0 Å². The van der Waals surface area contributed by atoms with E-state index in [4.69, 9.17) is 18.5 Å². The molecule has 0 saturated carbocycles. The lowest BCUT2D eigenvalue weighted by molar-refractivity contribution is -0.225. The molecule has 0 amide bonds. The van der Waals surface area contributed by atoms with Crippen LogP contribution in [0.3, 0.4) is 0 Å². The summed E-state index contributed by atoms with van der Waals surface area (Å²) in [6.45, 7) is 9.83. The second kappa shape index (κ2) is 9.64. The third kappa shape index (κ3) is 5.62. The van der Waals surface area contributed by atoms with E-state index in [1.165, 1.54) is 0 Å². The lowest BCUT2D eigenvalue weighted by atomic mass is 10.1. The standard InChI is InChI=1S/C13H27O6P/c1-6-13(16-7-2,17-8-3)12(14)11-20(15,18-9-4)19-10-5/h6-11H2,1-5H3. The molecule has 0 rings (SSSR count). The van der Waals surface area contributed by atoms with Crippen LogP contribution in [0.25, 0.3) is 0 Å². The third-order valence-corrected chi connectivity index (χ3v) is 4.61. The minimum absolute atomic E-state index is 0.215. The lowest BCUT2D eigenvalue weighted by Gasteiger charge is -2.31. The Morgan fingerprint density at radius 1 is 0.900 bits per heavy atom. The van der Waals surface area contributed by atoms with Crippen molar-refractivity contribution in [3.05, 3.63) is 0 Å². The van der Waals surface area contributed by atoms with Crippen molar-refractivity contribution in [2.24, 2.45) is 0 Å². The molecule has 0 aromatic heterocycles. The highest BCUT2D eigenvalue weighted by Crippen LogP contribution is 2.49. The SMILES string of the molecule is CCOC(CC)(OCC)C(=O)CP(=O)(OCC)OCC. The summed E-state index contributed by atoms with van der Waals surface area (Å²) in [5, 5.41) is 0. The van der Waals surface area contributed by atoms with Gasteiger partial charge in [0.05, 0.1) is 13.2 Å². The van der Waals surface area contributed by atoms with E-state index < -0.39 is 19.2 Å². The molecular weight excluding hydrogens is 283 g/mol. The Hall–Kier alpha value is -0.260. The van der Waals surface area contributed by atoms with Crippen molar-refractivity contribution >= 4 is 13.4 Å². The molecule has 0 aliphatic carbocycles. The number of hydrogen-bond donors (Lipinski definition) is 0. The van der Waals surface area contributed by atoms with Gasteiger partial charge in [-0.1, -0.05) is 6.92 Å². The van der Waals surface area contributed by atoms with Crippen LogP contribution in [0.2, 0.25) is 0 Å². The smallest absolute Gasteiger partial charge is 0.338 e. The highest BCUT2D eigenvalue weighted by molar-refractivity contribution is 7.54. The molecule has 0 bridgehead atoms. The number of ketones is 1. The van der Waals surface area contributed by atoms with Gasteiger partial charge in [-0.05, 0) is 27.7 Å². The second-order valence-electron chi connectivity index (χ2n) is 4.00. The fraction of sp³-hybridized carbons (Fsp3) is 0.923. The van der Waals surface area contributed by atoms with Gasteiger partial charge >= 0.3 is 7.60 Å². The predicted molar refractivity (Wildman–Crippen MR) is 77.0 cm³/mol. The van der Waals surface area contributed by atoms with Gasteiger partial charge in [-0.25, -0.2) is 0 Å². The van der Waals surface area contributed by atoms with E-state index in [2.05, 4.69) is 0 Å². The van der Waals surface area contributed by atoms with Gasteiger partial charge < -0.3 is 18.5 Å². The lowest BCUT2D eigenvalue weighted by Crippen LogP contribution is -2.45. The summed E-state index contributed by atoms with van der Waals surface area (Å²) in [6.07, 6.45) is -0.00567. The highest BCUT2D eigenvalue weighted by atomic mass is 31.2. The van der Waals surface area contributed by atoms with Crippen LogP contribution in [0.15, 0.2) is 0 Å². The van der Waals surface area contributed by atoms with Gasteiger partial charge in [0.15, 0.2) is 0 Å². The van der Waals surface area contributed by atoms with Gasteiger partial charge in [0.25, 0.3) is 0 Å². The summed E-state index contributed by atoms with van der Waals surface area (Å²) in [7, 11) is -3.44. The van der Waals surface area contributed by atoms with E-state index in [0.29, 0.717) is 19.6 Å². The van der Waals surface area contributed by atoms with E-state index in [1.54, 1.807) is 34.6 Å². The van der Waals surface area contributed by atoms with Crippen LogP contribution in [0.5, 0.6) is 0 Å². The van der Waals surface area contributed by atoms with E-state index >= 15 is 0 Å². The van der Waals surface area contributed by atoms with Gasteiger partial charge in [-0.3, -0.25) is 9.36 Å². The number of ether oxygens (including phenoxy) is 2. The summed E-state index contributed by atoms with van der Waals surface area (Å²) in [5.74, 6) is -1.78. The van der Waals surface area contributed by atoms with Crippen LogP contribution < -0.4 is 0 Å². The molecule has 6 nitrogen and oxygen atoms in total. The molecule has 0 heterocycles. The van der Waals surface area contributed by atoms with Gasteiger partial charge in [0, 0.05) is 19.6 Å². The largest absolute Gasteiger partial charge is 0.344 e. The molecule has 120 valence electrons. The average Bonchev–Trinajstić information content (AvgIpc) is 2.38. The normalized spacial score (nSPS) is 12.7. The zero-order valence-corrected chi connectivity index (χ0v) is 14.0. The van der Waals surface area contributed by atoms with Gasteiger partial charge in [-0.2, -0.15) is 0 Å². The molecule has 0 saturated heterocycles. The first-order valence-electron chi connectivity index (χ1n) is 7.12. The van der Waals surface area contributed by atoms with Gasteiger partial charge in [-0.15, -0.1) is 0 Å². The van der Waals surface area contributed by atoms with E-state index in [0.717, 1.165) is 0 Å². The molecule has 0 aliphatic rings.